The van der Waals surface area contributed by atoms with E-state index in [4.69, 9.17) is 4.74 Å². The molecule has 4 aliphatic rings. The van der Waals surface area contributed by atoms with E-state index in [0.717, 1.165) is 16.2 Å². The van der Waals surface area contributed by atoms with Gasteiger partial charge in [0.1, 0.15) is 12.6 Å². The van der Waals surface area contributed by atoms with Gasteiger partial charge in [-0.05, 0) is 55.9 Å². The van der Waals surface area contributed by atoms with Crippen molar-refractivity contribution in [3.05, 3.63) is 65.2 Å². The van der Waals surface area contributed by atoms with E-state index in [2.05, 4.69) is 10.2 Å². The topological polar surface area (TPSA) is 133 Å². The van der Waals surface area contributed by atoms with E-state index in [1.165, 1.54) is 0 Å². The Hall–Kier alpha value is -4.54. The third-order valence-corrected chi connectivity index (χ3v) is 9.01. The second-order valence-corrected chi connectivity index (χ2v) is 11.6. The van der Waals surface area contributed by atoms with Crippen LogP contribution in [0.4, 0.5) is 5.69 Å². The molecule has 2 saturated heterocycles. The molecule has 3 aliphatic heterocycles. The van der Waals surface area contributed by atoms with E-state index in [0.29, 0.717) is 51.9 Å². The number of hydrogen-bond donors (Lipinski definition) is 1. The Bertz CT molecular complexity index is 1460. The third-order valence-electron chi connectivity index (χ3n) is 9.01. The molecule has 1 N–H and O–H groups in total. The van der Waals surface area contributed by atoms with Crippen LogP contribution >= 0.6 is 0 Å². The Morgan fingerprint density at radius 1 is 0.791 bits per heavy atom. The summed E-state index contributed by atoms with van der Waals surface area (Å²) in [5, 5.41) is 2.21. The number of piperidine rings is 1. The molecule has 1 unspecified atom stereocenters. The lowest BCUT2D eigenvalue weighted by atomic mass is 9.81. The number of hydrogen-bond acceptors (Lipinski definition) is 8. The van der Waals surface area contributed by atoms with Crippen molar-refractivity contribution in [1.29, 1.82) is 0 Å². The van der Waals surface area contributed by atoms with Gasteiger partial charge in [0.2, 0.25) is 17.7 Å². The summed E-state index contributed by atoms with van der Waals surface area (Å²) in [6, 6.07) is 13.7. The molecule has 224 valence electrons. The van der Waals surface area contributed by atoms with Crippen molar-refractivity contribution >= 4 is 41.2 Å². The van der Waals surface area contributed by atoms with E-state index in [1.54, 1.807) is 18.2 Å². The van der Waals surface area contributed by atoms with Crippen molar-refractivity contribution in [3.63, 3.8) is 0 Å². The van der Waals surface area contributed by atoms with Gasteiger partial charge in [-0.15, -0.1) is 0 Å². The highest BCUT2D eigenvalue weighted by Crippen LogP contribution is 2.33. The van der Waals surface area contributed by atoms with Crippen LogP contribution in [0.2, 0.25) is 0 Å². The molecule has 1 saturated carbocycles. The van der Waals surface area contributed by atoms with Gasteiger partial charge >= 0.3 is 5.97 Å². The van der Waals surface area contributed by atoms with Crippen LogP contribution in [0.1, 0.15) is 64.8 Å². The standard InChI is InChI=1S/C32H34N4O7/c37-27-13-12-26(28(38)33-27)36-30(40)24-11-10-23(18-25(24)31(36)41)34-14-16-35(17-15-34)29(39)21-6-8-22(9-7-21)32(42)43-19-20-4-2-1-3-5-20/h1-5,10-11,18,21-22,26H,6-9,12-17,19H2,(H,33,37,38). The fraction of sp³-hybridized carbons (Fsp3) is 0.438. The van der Waals surface area contributed by atoms with E-state index >= 15 is 0 Å². The molecule has 3 heterocycles. The van der Waals surface area contributed by atoms with Crippen LogP contribution in [-0.4, -0.2) is 77.5 Å². The van der Waals surface area contributed by atoms with Crippen LogP contribution in [0, 0.1) is 11.8 Å². The number of piperazine rings is 1. The minimum atomic E-state index is -1.00. The lowest BCUT2D eigenvalue weighted by Crippen LogP contribution is -2.54. The van der Waals surface area contributed by atoms with Crippen LogP contribution in [0.3, 0.4) is 0 Å². The highest BCUT2D eigenvalue weighted by molar-refractivity contribution is 6.23. The molecule has 11 heteroatoms. The summed E-state index contributed by atoms with van der Waals surface area (Å²) in [7, 11) is 0. The summed E-state index contributed by atoms with van der Waals surface area (Å²) >= 11 is 0. The number of amides is 5. The summed E-state index contributed by atoms with van der Waals surface area (Å²) in [6.07, 6.45) is 2.78. The summed E-state index contributed by atoms with van der Waals surface area (Å²) in [4.78, 5) is 80.8. The minimum Gasteiger partial charge on any atom is -0.461 e. The van der Waals surface area contributed by atoms with Crippen molar-refractivity contribution in [2.45, 2.75) is 51.2 Å². The Morgan fingerprint density at radius 2 is 1.47 bits per heavy atom. The number of anilines is 1. The molecule has 0 aromatic heterocycles. The molecule has 0 spiro atoms. The number of benzene rings is 2. The fourth-order valence-electron chi connectivity index (χ4n) is 6.52. The van der Waals surface area contributed by atoms with E-state index in [-0.39, 0.29) is 54.3 Å². The zero-order valence-electron chi connectivity index (χ0n) is 23.8. The summed E-state index contributed by atoms with van der Waals surface area (Å²) in [6.45, 7) is 2.47. The van der Waals surface area contributed by atoms with Gasteiger partial charge in [0.15, 0.2) is 0 Å². The van der Waals surface area contributed by atoms with Gasteiger partial charge in [-0.2, -0.15) is 0 Å². The Balaban J connectivity index is 0.999. The second-order valence-electron chi connectivity index (χ2n) is 11.6. The molecule has 1 aliphatic carbocycles. The average molecular weight is 587 g/mol. The maximum absolute atomic E-state index is 13.3. The lowest BCUT2D eigenvalue weighted by Gasteiger charge is -2.38. The molecular weight excluding hydrogens is 552 g/mol. The van der Waals surface area contributed by atoms with Crippen LogP contribution < -0.4 is 10.2 Å². The largest absolute Gasteiger partial charge is 0.461 e. The highest BCUT2D eigenvalue weighted by Gasteiger charge is 2.45. The zero-order chi connectivity index (χ0) is 30.1. The SMILES string of the molecule is O=C1CCC(N2C(=O)c3ccc(N4CCN(C(=O)C5CCC(C(=O)OCc6ccccc6)CC5)CC4)cc3C2=O)C(=O)N1. The fourth-order valence-corrected chi connectivity index (χ4v) is 6.52. The van der Waals surface area contributed by atoms with Crippen LogP contribution in [0.15, 0.2) is 48.5 Å². The van der Waals surface area contributed by atoms with Crippen LogP contribution in [-0.2, 0) is 30.5 Å². The summed E-state index contributed by atoms with van der Waals surface area (Å²) in [5.41, 5.74) is 2.20. The summed E-state index contributed by atoms with van der Waals surface area (Å²) in [5.74, 6) is -2.48. The lowest BCUT2D eigenvalue weighted by molar-refractivity contribution is -0.152. The number of imide groups is 2. The monoisotopic (exact) mass is 586 g/mol. The van der Waals surface area contributed by atoms with Gasteiger partial charge in [0, 0.05) is 44.2 Å². The first-order valence-electron chi connectivity index (χ1n) is 14.9. The third kappa shape index (κ3) is 5.76. The van der Waals surface area contributed by atoms with E-state index in [9.17, 15) is 28.8 Å². The first-order valence-corrected chi connectivity index (χ1v) is 14.9. The predicted octanol–water partition coefficient (Wildman–Crippen LogP) is 2.29. The van der Waals surface area contributed by atoms with Gasteiger partial charge < -0.3 is 14.5 Å². The van der Waals surface area contributed by atoms with Gasteiger partial charge in [-0.3, -0.25) is 39.0 Å². The zero-order valence-corrected chi connectivity index (χ0v) is 23.8. The molecule has 2 aromatic carbocycles. The number of rotatable bonds is 6. The molecule has 0 bridgehead atoms. The van der Waals surface area contributed by atoms with Crippen LogP contribution in [0.5, 0.6) is 0 Å². The van der Waals surface area contributed by atoms with Crippen molar-refractivity contribution in [2.75, 3.05) is 31.1 Å². The van der Waals surface area contributed by atoms with E-state index in [1.807, 2.05) is 35.2 Å². The molecule has 6 rings (SSSR count). The molecule has 3 fully saturated rings. The smallest absolute Gasteiger partial charge is 0.309 e. The highest BCUT2D eigenvalue weighted by atomic mass is 16.5. The van der Waals surface area contributed by atoms with Crippen LogP contribution in [0.25, 0.3) is 0 Å². The molecule has 2 aromatic rings. The first kappa shape index (κ1) is 28.6. The average Bonchev–Trinajstić information content (AvgIpc) is 3.28. The Labute approximate surface area is 249 Å². The summed E-state index contributed by atoms with van der Waals surface area (Å²) < 4.78 is 5.51. The number of ether oxygens (including phenoxy) is 1. The van der Waals surface area contributed by atoms with Crippen molar-refractivity contribution in [1.82, 2.24) is 15.1 Å². The quantitative estimate of drug-likeness (QED) is 0.403. The van der Waals surface area contributed by atoms with Crippen molar-refractivity contribution in [2.24, 2.45) is 11.8 Å². The number of fused-ring (bicyclic) bond motifs is 1. The second kappa shape index (κ2) is 12.0. The Kier molecular flexibility index (Phi) is 7.96. The number of carbonyl (C=O) groups is 6. The minimum absolute atomic E-state index is 0.0702. The normalized spacial score (nSPS) is 24.1. The van der Waals surface area contributed by atoms with Gasteiger partial charge in [0.05, 0.1) is 17.0 Å². The Morgan fingerprint density at radius 3 is 2.16 bits per heavy atom. The number of nitrogens with zero attached hydrogens (tertiary/aromatic N) is 3. The first-order chi connectivity index (χ1) is 20.8. The van der Waals surface area contributed by atoms with E-state index < -0.39 is 29.7 Å². The molecule has 11 nitrogen and oxygen atoms in total. The number of carbonyl (C=O) groups excluding carboxylic acids is 6. The predicted molar refractivity (Wildman–Crippen MR) is 154 cm³/mol. The molecule has 1 atom stereocenters. The molecule has 43 heavy (non-hydrogen) atoms. The maximum atomic E-state index is 13.3. The van der Waals surface area contributed by atoms with Gasteiger partial charge in [0.25, 0.3) is 11.8 Å². The van der Waals surface area contributed by atoms with Gasteiger partial charge in [-0.25, -0.2) is 0 Å². The number of nitrogens with one attached hydrogen (secondary N) is 1. The number of esters is 1. The molecule has 5 amide bonds. The van der Waals surface area contributed by atoms with Crippen molar-refractivity contribution < 1.29 is 33.5 Å². The molecule has 0 radical (unpaired) electrons. The van der Waals surface area contributed by atoms with Gasteiger partial charge in [-0.1, -0.05) is 30.3 Å². The molecular formula is C32H34N4O7. The van der Waals surface area contributed by atoms with Crippen molar-refractivity contribution in [3.8, 4) is 0 Å². The maximum Gasteiger partial charge on any atom is 0.309 e.